The summed E-state index contributed by atoms with van der Waals surface area (Å²) < 4.78 is 19.5. The molecule has 0 amide bonds. The fourth-order valence-corrected chi connectivity index (χ4v) is 5.05. The van der Waals surface area contributed by atoms with Crippen molar-refractivity contribution in [2.24, 2.45) is 0 Å². The fraction of sp³-hybridized carbons (Fsp3) is 0.385. The molecule has 7 heteroatoms. The number of para-hydroxylation sites is 3. The third kappa shape index (κ3) is 3.71. The van der Waals surface area contributed by atoms with E-state index in [0.717, 1.165) is 48.0 Å². The van der Waals surface area contributed by atoms with Crippen molar-refractivity contribution < 1.29 is 19.0 Å². The Bertz CT molecular complexity index is 1220. The Hall–Kier alpha value is -3.48. The number of methoxy groups -OCH3 is 2. The number of ether oxygens (including phenoxy) is 3. The molecule has 0 radical (unpaired) electrons. The maximum absolute atomic E-state index is 13.7. The second-order valence-corrected chi connectivity index (χ2v) is 8.61. The van der Waals surface area contributed by atoms with Crippen molar-refractivity contribution in [1.82, 2.24) is 9.55 Å². The van der Waals surface area contributed by atoms with Crippen LogP contribution in [0.15, 0.2) is 53.7 Å². The highest BCUT2D eigenvalue weighted by Crippen LogP contribution is 2.45. The van der Waals surface area contributed by atoms with Crippen molar-refractivity contribution in [2.75, 3.05) is 19.5 Å². The summed E-state index contributed by atoms with van der Waals surface area (Å²) in [4.78, 5) is 18.4. The van der Waals surface area contributed by atoms with Crippen molar-refractivity contribution in [2.45, 2.75) is 51.2 Å². The lowest BCUT2D eigenvalue weighted by molar-refractivity contribution is -0.146. The van der Waals surface area contributed by atoms with Crippen molar-refractivity contribution in [1.29, 1.82) is 0 Å². The Morgan fingerprint density at radius 2 is 1.82 bits per heavy atom. The number of aromatic nitrogens is 2. The minimum absolute atomic E-state index is 0.0414. The summed E-state index contributed by atoms with van der Waals surface area (Å²) in [7, 11) is 3.23. The lowest BCUT2D eigenvalue weighted by Crippen LogP contribution is -2.31. The highest BCUT2D eigenvalue weighted by Gasteiger charge is 2.38. The summed E-state index contributed by atoms with van der Waals surface area (Å²) in [5.74, 6) is 1.58. The largest absolute Gasteiger partial charge is 0.493 e. The number of imidazole rings is 1. The number of allylic oxidation sites excluding steroid dienone is 1. The first-order valence-electron chi connectivity index (χ1n) is 11.5. The maximum atomic E-state index is 13.7. The molecule has 1 fully saturated rings. The molecule has 1 saturated carbocycles. The summed E-state index contributed by atoms with van der Waals surface area (Å²) in [5, 5.41) is 3.34. The molecule has 1 atom stereocenters. The lowest BCUT2D eigenvalue weighted by atomic mass is 9.93. The highest BCUT2D eigenvalue weighted by molar-refractivity contribution is 5.94. The smallest absolute Gasteiger partial charge is 0.338 e. The monoisotopic (exact) mass is 447 g/mol. The number of rotatable bonds is 5. The van der Waals surface area contributed by atoms with Crippen molar-refractivity contribution in [3.8, 4) is 11.5 Å². The van der Waals surface area contributed by atoms with Gasteiger partial charge in [-0.15, -0.1) is 0 Å². The predicted octanol–water partition coefficient (Wildman–Crippen LogP) is 5.22. The molecule has 7 nitrogen and oxygen atoms in total. The van der Waals surface area contributed by atoms with Gasteiger partial charge in [0.05, 0.1) is 36.9 Å². The number of carbonyl (C=O) groups excluding carboxylic acids is 1. The first-order chi connectivity index (χ1) is 16.1. The van der Waals surface area contributed by atoms with Crippen LogP contribution in [0.1, 0.15) is 50.6 Å². The summed E-state index contributed by atoms with van der Waals surface area (Å²) in [6.07, 6.45) is 5.18. The third-order valence-electron chi connectivity index (χ3n) is 6.60. The number of hydrogen-bond acceptors (Lipinski definition) is 6. The van der Waals surface area contributed by atoms with Gasteiger partial charge in [0.25, 0.3) is 0 Å². The number of hydrogen-bond donors (Lipinski definition) is 1. The third-order valence-corrected chi connectivity index (χ3v) is 6.60. The van der Waals surface area contributed by atoms with Crippen LogP contribution < -0.4 is 14.8 Å². The first-order valence-corrected chi connectivity index (χ1v) is 11.5. The second kappa shape index (κ2) is 8.81. The van der Waals surface area contributed by atoms with E-state index in [2.05, 4.69) is 9.88 Å². The summed E-state index contributed by atoms with van der Waals surface area (Å²) >= 11 is 0. The predicted molar refractivity (Wildman–Crippen MR) is 127 cm³/mol. The molecule has 33 heavy (non-hydrogen) atoms. The van der Waals surface area contributed by atoms with Crippen LogP contribution >= 0.6 is 0 Å². The van der Waals surface area contributed by atoms with Gasteiger partial charge in [-0.1, -0.05) is 30.7 Å². The van der Waals surface area contributed by atoms with Gasteiger partial charge in [-0.2, -0.15) is 0 Å². The van der Waals surface area contributed by atoms with Crippen LogP contribution in [-0.2, 0) is 9.53 Å². The van der Waals surface area contributed by atoms with Gasteiger partial charge in [0, 0.05) is 11.3 Å². The summed E-state index contributed by atoms with van der Waals surface area (Å²) in [6.45, 7) is 1.90. The Labute approximate surface area is 193 Å². The van der Waals surface area contributed by atoms with E-state index in [-0.39, 0.29) is 12.1 Å². The van der Waals surface area contributed by atoms with Crippen molar-refractivity contribution in [3.05, 3.63) is 59.3 Å². The van der Waals surface area contributed by atoms with E-state index in [9.17, 15) is 4.79 Å². The molecule has 3 aromatic rings. The van der Waals surface area contributed by atoms with Crippen molar-refractivity contribution in [3.63, 3.8) is 0 Å². The zero-order chi connectivity index (χ0) is 22.9. The Morgan fingerprint density at radius 1 is 1.03 bits per heavy atom. The Balaban J connectivity index is 1.68. The van der Waals surface area contributed by atoms with Gasteiger partial charge in [0.1, 0.15) is 6.10 Å². The van der Waals surface area contributed by atoms with Gasteiger partial charge in [0.15, 0.2) is 11.5 Å². The minimum Gasteiger partial charge on any atom is -0.493 e. The molecule has 0 unspecified atom stereocenters. The molecule has 172 valence electrons. The van der Waals surface area contributed by atoms with Gasteiger partial charge < -0.3 is 19.5 Å². The van der Waals surface area contributed by atoms with Gasteiger partial charge >= 0.3 is 5.97 Å². The topological polar surface area (TPSA) is 74.6 Å². The van der Waals surface area contributed by atoms with Crippen LogP contribution in [0.4, 0.5) is 5.95 Å². The van der Waals surface area contributed by atoms with E-state index in [1.54, 1.807) is 14.2 Å². The highest BCUT2D eigenvalue weighted by atomic mass is 16.5. The summed E-state index contributed by atoms with van der Waals surface area (Å²) in [6, 6.07) is 13.2. The Kier molecular flexibility index (Phi) is 5.70. The first kappa shape index (κ1) is 21.4. The molecule has 1 aromatic heterocycles. The number of esters is 1. The number of nitrogens with zero attached hydrogens (tertiary/aromatic N) is 2. The average Bonchev–Trinajstić information content (AvgIpc) is 3.21. The number of nitrogens with one attached hydrogen (secondary N) is 1. The molecule has 2 aromatic carbocycles. The molecule has 1 aliphatic carbocycles. The van der Waals surface area contributed by atoms with Crippen LogP contribution in [0.25, 0.3) is 11.0 Å². The van der Waals surface area contributed by atoms with Gasteiger partial charge in [0.2, 0.25) is 5.95 Å². The zero-order valence-electron chi connectivity index (χ0n) is 19.3. The Morgan fingerprint density at radius 3 is 2.58 bits per heavy atom. The normalized spacial score (nSPS) is 18.6. The lowest BCUT2D eigenvalue weighted by Gasteiger charge is -2.32. The molecule has 2 heterocycles. The van der Waals surface area contributed by atoms with Gasteiger partial charge in [-0.25, -0.2) is 9.78 Å². The molecule has 0 saturated heterocycles. The molecule has 1 N–H and O–H groups in total. The maximum Gasteiger partial charge on any atom is 0.338 e. The molecule has 2 aliphatic rings. The number of fused-ring (bicyclic) bond motifs is 3. The van der Waals surface area contributed by atoms with E-state index in [1.807, 2.05) is 49.4 Å². The molecule has 5 rings (SSSR count). The number of anilines is 1. The van der Waals surface area contributed by atoms with Crippen LogP contribution in [-0.4, -0.2) is 35.8 Å². The van der Waals surface area contributed by atoms with E-state index >= 15 is 0 Å². The van der Waals surface area contributed by atoms with E-state index in [4.69, 9.17) is 19.2 Å². The van der Waals surface area contributed by atoms with E-state index in [0.29, 0.717) is 23.0 Å². The van der Waals surface area contributed by atoms with Gasteiger partial charge in [-0.05, 0) is 50.8 Å². The SMILES string of the molecule is COc1cccc([C@@H]2C(C(=O)OC3CCCCC3)=C(C)Nc3nc4ccccc4n32)c1OC. The molecular formula is C26H29N3O4. The second-order valence-electron chi connectivity index (χ2n) is 8.61. The van der Waals surface area contributed by atoms with Crippen LogP contribution in [0.2, 0.25) is 0 Å². The standard InChI is InChI=1S/C26H29N3O4/c1-16-22(25(30)33-17-10-5-4-6-11-17)23(18-12-9-15-21(31-2)24(18)32-3)29-20-14-8-7-13-19(20)28-26(29)27-16/h7-9,12-15,17,23H,4-6,10-11H2,1-3H3,(H,27,28)/t23-/m1/s1. The fourth-order valence-electron chi connectivity index (χ4n) is 5.05. The zero-order valence-corrected chi connectivity index (χ0v) is 19.3. The molecule has 1 aliphatic heterocycles. The molecular weight excluding hydrogens is 418 g/mol. The van der Waals surface area contributed by atoms with Gasteiger partial charge in [-0.3, -0.25) is 4.57 Å². The van der Waals surface area contributed by atoms with Crippen LogP contribution in [0, 0.1) is 0 Å². The van der Waals surface area contributed by atoms with Crippen LogP contribution in [0.5, 0.6) is 11.5 Å². The van der Waals surface area contributed by atoms with E-state index < -0.39 is 6.04 Å². The minimum atomic E-state index is -0.477. The van der Waals surface area contributed by atoms with E-state index in [1.165, 1.54) is 6.42 Å². The average molecular weight is 448 g/mol. The molecule has 0 spiro atoms. The van der Waals surface area contributed by atoms with Crippen LogP contribution in [0.3, 0.4) is 0 Å². The van der Waals surface area contributed by atoms with Crippen molar-refractivity contribution >= 4 is 23.0 Å². The number of carbonyl (C=O) groups is 1. The summed E-state index contributed by atoms with van der Waals surface area (Å²) in [5.41, 5.74) is 3.88. The molecule has 0 bridgehead atoms. The quantitative estimate of drug-likeness (QED) is 0.541. The number of benzene rings is 2.